The number of aromatic amines is 1. The monoisotopic (exact) mass is 344 g/mol. The van der Waals surface area contributed by atoms with E-state index < -0.39 is 10.0 Å². The Morgan fingerprint density at radius 2 is 2.24 bits per heavy atom. The van der Waals surface area contributed by atoms with Gasteiger partial charge in [0.25, 0.3) is 0 Å². The minimum absolute atomic E-state index is 0.0668. The highest BCUT2D eigenvalue weighted by molar-refractivity contribution is 7.89. The van der Waals surface area contributed by atoms with Gasteiger partial charge in [-0.05, 0) is 18.2 Å². The highest BCUT2D eigenvalue weighted by atomic mass is 35.5. The molecule has 0 unspecified atom stereocenters. The van der Waals surface area contributed by atoms with Crippen molar-refractivity contribution in [2.24, 2.45) is 5.73 Å². The van der Waals surface area contributed by atoms with E-state index in [9.17, 15) is 8.42 Å². The van der Waals surface area contributed by atoms with Crippen molar-refractivity contribution in [3.63, 3.8) is 0 Å². The molecule has 1 aromatic heterocycles. The van der Waals surface area contributed by atoms with Crippen molar-refractivity contribution in [2.75, 3.05) is 6.54 Å². The molecule has 2 aromatic rings. The lowest BCUT2D eigenvalue weighted by molar-refractivity contribution is 0.581. The minimum atomic E-state index is -3.63. The summed E-state index contributed by atoms with van der Waals surface area (Å²) in [4.78, 5) is 6.94. The number of nitrogens with one attached hydrogen (secondary N) is 2. The zero-order valence-electron chi connectivity index (χ0n) is 10.8. The molecule has 0 saturated heterocycles. The van der Waals surface area contributed by atoms with E-state index in [4.69, 9.17) is 29.6 Å². The summed E-state index contributed by atoms with van der Waals surface area (Å²) in [7, 11) is -3.63. The molecule has 0 spiro atoms. The fraction of sp³-hybridized carbons (Fsp3) is 0.167. The van der Waals surface area contributed by atoms with Crippen LogP contribution in [0.15, 0.2) is 35.6 Å². The number of aromatic nitrogens is 2. The predicted octanol–water partition coefficient (Wildman–Crippen LogP) is 1.22. The van der Waals surface area contributed by atoms with E-state index in [0.717, 1.165) is 5.69 Å². The van der Waals surface area contributed by atoms with E-state index in [2.05, 4.69) is 14.7 Å². The number of nitrogens with two attached hydrogens (primary N) is 1. The maximum absolute atomic E-state index is 12.1. The van der Waals surface area contributed by atoms with E-state index in [1.807, 2.05) is 0 Å². The lowest BCUT2D eigenvalue weighted by Crippen LogP contribution is -2.26. The van der Waals surface area contributed by atoms with Crippen molar-refractivity contribution < 1.29 is 8.42 Å². The average Bonchev–Trinajstić information content (AvgIpc) is 2.91. The molecule has 2 rings (SSSR count). The molecule has 1 aromatic carbocycles. The standard InChI is InChI=1S/C12H13ClN4O2S2/c13-11-5-9(1-2-10(11)12(14)20)21(18,19)17-4-3-8-6-15-7-16-8/h1-2,5-7,17H,3-4H2,(H2,14,20)(H,15,16). The molecule has 112 valence electrons. The van der Waals surface area contributed by atoms with Gasteiger partial charge in [0, 0.05) is 30.4 Å². The molecule has 21 heavy (non-hydrogen) atoms. The Hall–Kier alpha value is -1.48. The van der Waals surface area contributed by atoms with Crippen LogP contribution in [0.1, 0.15) is 11.3 Å². The van der Waals surface area contributed by atoms with Crippen LogP contribution in [0.5, 0.6) is 0 Å². The molecule has 0 aliphatic carbocycles. The van der Waals surface area contributed by atoms with Crippen LogP contribution in [-0.2, 0) is 16.4 Å². The van der Waals surface area contributed by atoms with Gasteiger partial charge >= 0.3 is 0 Å². The first-order valence-corrected chi connectivity index (χ1v) is 8.23. The SMILES string of the molecule is NC(=S)c1ccc(S(=O)(=O)NCCc2cnc[nH]2)cc1Cl. The van der Waals surface area contributed by atoms with Gasteiger partial charge in [-0.25, -0.2) is 18.1 Å². The van der Waals surface area contributed by atoms with Gasteiger partial charge in [-0.1, -0.05) is 23.8 Å². The van der Waals surface area contributed by atoms with Crippen LogP contribution in [-0.4, -0.2) is 29.9 Å². The van der Waals surface area contributed by atoms with Crippen LogP contribution in [0.3, 0.4) is 0 Å². The average molecular weight is 345 g/mol. The van der Waals surface area contributed by atoms with Gasteiger partial charge in [0.1, 0.15) is 4.99 Å². The Kier molecular flexibility index (Phi) is 4.94. The van der Waals surface area contributed by atoms with E-state index in [0.29, 0.717) is 12.0 Å². The zero-order chi connectivity index (χ0) is 15.5. The van der Waals surface area contributed by atoms with Gasteiger partial charge in [-0.3, -0.25) is 0 Å². The lowest BCUT2D eigenvalue weighted by Gasteiger charge is -2.08. The second-order valence-corrected chi connectivity index (χ2v) is 6.84. The maximum Gasteiger partial charge on any atom is 0.240 e. The Morgan fingerprint density at radius 3 is 2.81 bits per heavy atom. The van der Waals surface area contributed by atoms with Crippen molar-refractivity contribution in [1.82, 2.24) is 14.7 Å². The van der Waals surface area contributed by atoms with Crippen molar-refractivity contribution >= 4 is 38.8 Å². The first kappa shape index (κ1) is 15.9. The topological polar surface area (TPSA) is 101 Å². The van der Waals surface area contributed by atoms with E-state index >= 15 is 0 Å². The lowest BCUT2D eigenvalue weighted by atomic mass is 10.2. The van der Waals surface area contributed by atoms with Crippen molar-refractivity contribution in [2.45, 2.75) is 11.3 Å². The first-order chi connectivity index (χ1) is 9.90. The molecule has 0 radical (unpaired) electrons. The molecule has 0 saturated carbocycles. The fourth-order valence-corrected chi connectivity index (χ4v) is 3.33. The summed E-state index contributed by atoms with van der Waals surface area (Å²) in [5.74, 6) is 0. The second kappa shape index (κ2) is 6.52. The highest BCUT2D eigenvalue weighted by Crippen LogP contribution is 2.20. The Labute approximate surface area is 132 Å². The molecule has 0 fully saturated rings. The quantitative estimate of drug-likeness (QED) is 0.684. The summed E-state index contributed by atoms with van der Waals surface area (Å²) in [6.45, 7) is 0.249. The summed E-state index contributed by atoms with van der Waals surface area (Å²) < 4.78 is 26.8. The van der Waals surface area contributed by atoms with Crippen molar-refractivity contribution in [3.05, 3.63) is 47.0 Å². The second-order valence-electron chi connectivity index (χ2n) is 4.23. The number of thiocarbonyl (C=S) groups is 1. The Bertz CT molecular complexity index is 745. The third-order valence-electron chi connectivity index (χ3n) is 2.76. The number of sulfonamides is 1. The van der Waals surface area contributed by atoms with Crippen LogP contribution in [0.4, 0.5) is 0 Å². The van der Waals surface area contributed by atoms with Gasteiger partial charge in [-0.15, -0.1) is 0 Å². The molecule has 0 aliphatic rings. The third kappa shape index (κ3) is 4.01. The van der Waals surface area contributed by atoms with Gasteiger partial charge in [-0.2, -0.15) is 0 Å². The predicted molar refractivity (Wildman–Crippen MR) is 84.8 cm³/mol. The van der Waals surface area contributed by atoms with Gasteiger partial charge < -0.3 is 10.7 Å². The highest BCUT2D eigenvalue weighted by Gasteiger charge is 2.16. The smallest absolute Gasteiger partial charge is 0.240 e. The number of benzene rings is 1. The minimum Gasteiger partial charge on any atom is -0.389 e. The molecule has 6 nitrogen and oxygen atoms in total. The molecular formula is C12H13ClN4O2S2. The number of hydrogen-bond acceptors (Lipinski definition) is 4. The number of halogens is 1. The molecule has 0 aliphatic heterocycles. The number of hydrogen-bond donors (Lipinski definition) is 3. The summed E-state index contributed by atoms with van der Waals surface area (Å²) in [6.07, 6.45) is 3.69. The molecule has 9 heteroatoms. The Morgan fingerprint density at radius 1 is 1.48 bits per heavy atom. The van der Waals surface area contributed by atoms with Crippen LogP contribution >= 0.6 is 23.8 Å². The van der Waals surface area contributed by atoms with Crippen molar-refractivity contribution in [1.29, 1.82) is 0 Å². The number of H-pyrrole nitrogens is 1. The maximum atomic E-state index is 12.1. The van der Waals surface area contributed by atoms with E-state index in [-0.39, 0.29) is 21.5 Å². The molecule has 0 bridgehead atoms. The molecule has 4 N–H and O–H groups in total. The Balaban J connectivity index is 2.08. The molecule has 0 atom stereocenters. The summed E-state index contributed by atoms with van der Waals surface area (Å²) in [6, 6.07) is 4.24. The summed E-state index contributed by atoms with van der Waals surface area (Å²) >= 11 is 10.8. The van der Waals surface area contributed by atoms with Crippen molar-refractivity contribution in [3.8, 4) is 0 Å². The normalized spacial score (nSPS) is 11.5. The van der Waals surface area contributed by atoms with Crippen LogP contribution in [0.25, 0.3) is 0 Å². The largest absolute Gasteiger partial charge is 0.389 e. The molecule has 1 heterocycles. The zero-order valence-corrected chi connectivity index (χ0v) is 13.2. The van der Waals surface area contributed by atoms with Gasteiger partial charge in [0.2, 0.25) is 10.0 Å². The summed E-state index contributed by atoms with van der Waals surface area (Å²) in [5.41, 5.74) is 6.77. The van der Waals surface area contributed by atoms with Crippen LogP contribution < -0.4 is 10.5 Å². The number of nitrogens with zero attached hydrogens (tertiary/aromatic N) is 1. The van der Waals surface area contributed by atoms with Gasteiger partial charge in [0.15, 0.2) is 0 Å². The molecule has 0 amide bonds. The van der Waals surface area contributed by atoms with E-state index in [1.54, 1.807) is 6.20 Å². The van der Waals surface area contributed by atoms with E-state index in [1.165, 1.54) is 24.5 Å². The number of imidazole rings is 1. The summed E-state index contributed by atoms with van der Waals surface area (Å²) in [5, 5.41) is 0.207. The number of rotatable bonds is 6. The third-order valence-corrected chi connectivity index (χ3v) is 4.75. The molecular weight excluding hydrogens is 332 g/mol. The first-order valence-electron chi connectivity index (χ1n) is 5.96. The van der Waals surface area contributed by atoms with Gasteiger partial charge in [0.05, 0.1) is 16.2 Å². The fourth-order valence-electron chi connectivity index (χ4n) is 1.69. The van der Waals surface area contributed by atoms with Crippen LogP contribution in [0.2, 0.25) is 5.02 Å². The van der Waals surface area contributed by atoms with Crippen LogP contribution in [0, 0.1) is 0 Å².